The molecule has 0 fully saturated rings. The van der Waals surface area contributed by atoms with Crippen LogP contribution in [0, 0.1) is 13.8 Å². The van der Waals surface area contributed by atoms with Crippen molar-refractivity contribution in [2.75, 3.05) is 13.2 Å². The lowest BCUT2D eigenvalue weighted by molar-refractivity contribution is 0.0812. The van der Waals surface area contributed by atoms with Gasteiger partial charge in [-0.25, -0.2) is 0 Å². The normalized spacial score (nSPS) is 15.8. The lowest BCUT2D eigenvalue weighted by Crippen LogP contribution is -2.36. The van der Waals surface area contributed by atoms with Crippen LogP contribution >= 0.6 is 0 Å². The molecule has 1 aromatic heterocycles. The molecule has 1 aliphatic rings. The van der Waals surface area contributed by atoms with Gasteiger partial charge >= 0.3 is 0 Å². The Morgan fingerprint density at radius 3 is 2.79 bits per heavy atom. The van der Waals surface area contributed by atoms with Crippen molar-refractivity contribution in [3.63, 3.8) is 0 Å². The van der Waals surface area contributed by atoms with Crippen molar-refractivity contribution in [2.24, 2.45) is 0 Å². The summed E-state index contributed by atoms with van der Waals surface area (Å²) in [6.07, 6.45) is 0.473. The van der Waals surface area contributed by atoms with Gasteiger partial charge in [-0.05, 0) is 37.6 Å². The third kappa shape index (κ3) is 3.42. The van der Waals surface area contributed by atoms with Crippen molar-refractivity contribution in [3.8, 4) is 11.5 Å². The van der Waals surface area contributed by atoms with Crippen molar-refractivity contribution in [1.82, 2.24) is 10.3 Å². The Kier molecular flexibility index (Phi) is 4.55. The molecule has 1 atom stereocenters. The number of aryl methyl sites for hydroxylation is 2. The van der Waals surface area contributed by atoms with E-state index in [1.165, 1.54) is 0 Å². The molecule has 126 valence electrons. The fourth-order valence-corrected chi connectivity index (χ4v) is 2.78. The number of hydrogen-bond acceptors (Lipinski definition) is 4. The van der Waals surface area contributed by atoms with Gasteiger partial charge in [-0.1, -0.05) is 12.1 Å². The van der Waals surface area contributed by atoms with Gasteiger partial charge in [-0.2, -0.15) is 0 Å². The van der Waals surface area contributed by atoms with Crippen LogP contribution in [0.1, 0.15) is 28.0 Å². The monoisotopic (exact) mass is 328 g/mol. The molecule has 2 aromatic rings. The zero-order valence-electron chi connectivity index (χ0n) is 13.7. The molecule has 0 radical (unpaired) electrons. The first-order valence-corrected chi connectivity index (χ1v) is 7.92. The largest absolute Gasteiger partial charge is 0.486 e. The third-order valence-electron chi connectivity index (χ3n) is 3.91. The molecule has 0 saturated heterocycles. The van der Waals surface area contributed by atoms with Crippen LogP contribution in [0.15, 0.2) is 35.1 Å². The topological polar surface area (TPSA) is 80.4 Å². The van der Waals surface area contributed by atoms with E-state index < -0.39 is 0 Å². The Morgan fingerprint density at radius 2 is 2.04 bits per heavy atom. The summed E-state index contributed by atoms with van der Waals surface area (Å²) in [5.74, 6) is 1.08. The number of aromatic amines is 1. The van der Waals surface area contributed by atoms with Gasteiger partial charge in [0.1, 0.15) is 18.3 Å². The van der Waals surface area contributed by atoms with Crippen molar-refractivity contribution < 1.29 is 14.3 Å². The standard InChI is InChI=1S/C18H20N2O4/c1-11-9-12(2)20-18(22)16(11)17(21)19-8-7-13-10-23-14-5-3-4-6-15(14)24-13/h3-6,9,13H,7-8,10H2,1-2H3,(H,19,21)(H,20,22)/t13-/m0/s1. The number of carbonyl (C=O) groups excluding carboxylic acids is 1. The van der Waals surface area contributed by atoms with Gasteiger partial charge in [0.15, 0.2) is 11.5 Å². The molecule has 0 bridgehead atoms. The zero-order valence-corrected chi connectivity index (χ0v) is 13.7. The predicted molar refractivity (Wildman–Crippen MR) is 89.8 cm³/mol. The molecule has 2 heterocycles. The van der Waals surface area contributed by atoms with E-state index in [2.05, 4.69) is 10.3 Å². The van der Waals surface area contributed by atoms with Crippen LogP contribution in [0.3, 0.4) is 0 Å². The summed E-state index contributed by atoms with van der Waals surface area (Å²) in [6, 6.07) is 9.28. The quantitative estimate of drug-likeness (QED) is 0.899. The SMILES string of the molecule is Cc1cc(C)c(C(=O)NCC[C@H]2COc3ccccc3O2)c(=O)[nH]1. The van der Waals surface area contributed by atoms with E-state index in [0.29, 0.717) is 30.9 Å². The molecule has 6 nitrogen and oxygen atoms in total. The second-order valence-electron chi connectivity index (χ2n) is 5.88. The van der Waals surface area contributed by atoms with Crippen LogP contribution in [0.5, 0.6) is 11.5 Å². The highest BCUT2D eigenvalue weighted by Crippen LogP contribution is 2.31. The van der Waals surface area contributed by atoms with E-state index in [-0.39, 0.29) is 23.1 Å². The van der Waals surface area contributed by atoms with E-state index in [4.69, 9.17) is 9.47 Å². The number of fused-ring (bicyclic) bond motifs is 1. The molecular weight excluding hydrogens is 308 g/mol. The average Bonchev–Trinajstić information content (AvgIpc) is 2.54. The van der Waals surface area contributed by atoms with Gasteiger partial charge in [-0.3, -0.25) is 9.59 Å². The fraction of sp³-hybridized carbons (Fsp3) is 0.333. The summed E-state index contributed by atoms with van der Waals surface area (Å²) in [4.78, 5) is 26.8. The number of ether oxygens (including phenoxy) is 2. The van der Waals surface area contributed by atoms with Gasteiger partial charge in [0.2, 0.25) is 0 Å². The van der Waals surface area contributed by atoms with Crippen LogP contribution in [-0.4, -0.2) is 30.1 Å². The van der Waals surface area contributed by atoms with Crippen molar-refractivity contribution >= 4 is 5.91 Å². The average molecular weight is 328 g/mol. The summed E-state index contributed by atoms with van der Waals surface area (Å²) in [5, 5.41) is 2.78. The second kappa shape index (κ2) is 6.78. The minimum Gasteiger partial charge on any atom is -0.486 e. The number of benzene rings is 1. The molecule has 0 unspecified atom stereocenters. The first kappa shape index (κ1) is 16.1. The summed E-state index contributed by atoms with van der Waals surface area (Å²) in [6.45, 7) is 4.39. The Hall–Kier alpha value is -2.76. The maximum absolute atomic E-state index is 12.2. The number of amides is 1. The molecule has 3 rings (SSSR count). The smallest absolute Gasteiger partial charge is 0.261 e. The van der Waals surface area contributed by atoms with Crippen LogP contribution < -0.4 is 20.3 Å². The minimum absolute atomic E-state index is 0.127. The third-order valence-corrected chi connectivity index (χ3v) is 3.91. The van der Waals surface area contributed by atoms with E-state index in [9.17, 15) is 9.59 Å². The van der Waals surface area contributed by atoms with Crippen LogP contribution in [0.2, 0.25) is 0 Å². The zero-order chi connectivity index (χ0) is 17.1. The molecule has 2 N–H and O–H groups in total. The maximum Gasteiger partial charge on any atom is 0.261 e. The molecule has 24 heavy (non-hydrogen) atoms. The minimum atomic E-state index is -0.370. The lowest BCUT2D eigenvalue weighted by Gasteiger charge is -2.26. The molecule has 1 amide bonds. The van der Waals surface area contributed by atoms with Crippen LogP contribution in [-0.2, 0) is 0 Å². The van der Waals surface area contributed by atoms with E-state index >= 15 is 0 Å². The molecular formula is C18H20N2O4. The maximum atomic E-state index is 12.2. The van der Waals surface area contributed by atoms with Gasteiger partial charge in [-0.15, -0.1) is 0 Å². The van der Waals surface area contributed by atoms with Crippen molar-refractivity contribution in [3.05, 3.63) is 57.5 Å². The molecule has 1 aliphatic heterocycles. The highest BCUT2D eigenvalue weighted by atomic mass is 16.6. The molecule has 1 aromatic carbocycles. The first-order valence-electron chi connectivity index (χ1n) is 7.92. The van der Waals surface area contributed by atoms with E-state index in [1.807, 2.05) is 24.3 Å². The van der Waals surface area contributed by atoms with Gasteiger partial charge in [0.05, 0.1) is 0 Å². The highest BCUT2D eigenvalue weighted by molar-refractivity contribution is 5.95. The number of hydrogen-bond donors (Lipinski definition) is 2. The Balaban J connectivity index is 1.56. The summed E-state index contributed by atoms with van der Waals surface area (Å²) in [5.41, 5.74) is 1.20. The van der Waals surface area contributed by atoms with Gasteiger partial charge < -0.3 is 19.8 Å². The molecule has 0 saturated carbocycles. The van der Waals surface area contributed by atoms with Crippen molar-refractivity contribution in [2.45, 2.75) is 26.4 Å². The number of H-pyrrole nitrogens is 1. The number of para-hydroxylation sites is 2. The summed E-state index contributed by atoms with van der Waals surface area (Å²) >= 11 is 0. The second-order valence-corrected chi connectivity index (χ2v) is 5.88. The Morgan fingerprint density at radius 1 is 1.29 bits per heavy atom. The Labute approximate surface area is 139 Å². The number of aromatic nitrogens is 1. The predicted octanol–water partition coefficient (Wildman–Crippen LogP) is 1.95. The highest BCUT2D eigenvalue weighted by Gasteiger charge is 2.21. The molecule has 6 heteroatoms. The number of nitrogens with one attached hydrogen (secondary N) is 2. The molecule has 0 spiro atoms. The molecule has 0 aliphatic carbocycles. The number of rotatable bonds is 4. The van der Waals surface area contributed by atoms with Crippen molar-refractivity contribution in [1.29, 1.82) is 0 Å². The van der Waals surface area contributed by atoms with E-state index in [1.54, 1.807) is 19.9 Å². The number of pyridine rings is 1. The lowest BCUT2D eigenvalue weighted by atomic mass is 10.1. The Bertz CT molecular complexity index is 813. The van der Waals surface area contributed by atoms with Gasteiger partial charge in [0.25, 0.3) is 11.5 Å². The van der Waals surface area contributed by atoms with Crippen LogP contribution in [0.4, 0.5) is 0 Å². The number of carbonyl (C=O) groups is 1. The fourth-order valence-electron chi connectivity index (χ4n) is 2.78. The summed E-state index contributed by atoms with van der Waals surface area (Å²) in [7, 11) is 0. The van der Waals surface area contributed by atoms with Crippen LogP contribution in [0.25, 0.3) is 0 Å². The van der Waals surface area contributed by atoms with E-state index in [0.717, 1.165) is 11.4 Å². The summed E-state index contributed by atoms with van der Waals surface area (Å²) < 4.78 is 11.5. The first-order chi connectivity index (χ1) is 11.5. The van der Waals surface area contributed by atoms with Gasteiger partial charge in [0, 0.05) is 18.7 Å².